The van der Waals surface area contributed by atoms with E-state index < -0.39 is 0 Å². The van der Waals surface area contributed by atoms with Gasteiger partial charge in [-0.2, -0.15) is 0 Å². The Morgan fingerprint density at radius 1 is 1.14 bits per heavy atom. The number of ether oxygens (including phenoxy) is 1. The van der Waals surface area contributed by atoms with Crippen molar-refractivity contribution in [2.45, 2.75) is 26.2 Å². The molecule has 1 heterocycles. The Kier molecular flexibility index (Phi) is 7.69. The van der Waals surface area contributed by atoms with Crippen LogP contribution < -0.4 is 10.1 Å². The van der Waals surface area contributed by atoms with E-state index in [4.69, 9.17) is 4.74 Å². The lowest BCUT2D eigenvalue weighted by atomic mass is 9.95. The minimum atomic E-state index is -0.0262. The number of benzene rings is 2. The number of rotatable bonds is 7. The molecule has 2 amide bonds. The molecule has 0 aliphatic carbocycles. The number of piperidine rings is 1. The van der Waals surface area contributed by atoms with Crippen LogP contribution in [0.25, 0.3) is 0 Å². The van der Waals surface area contributed by atoms with E-state index in [1.165, 1.54) is 5.56 Å². The summed E-state index contributed by atoms with van der Waals surface area (Å²) in [5.41, 5.74) is 1.85. The largest absolute Gasteiger partial charge is 0.494 e. The topological polar surface area (TPSA) is 58.6 Å². The van der Waals surface area contributed by atoms with Crippen molar-refractivity contribution in [3.63, 3.8) is 0 Å². The molecule has 0 atom stereocenters. The van der Waals surface area contributed by atoms with Crippen LogP contribution in [0.1, 0.15) is 35.2 Å². The lowest BCUT2D eigenvalue weighted by Gasteiger charge is -2.31. The zero-order valence-electron chi connectivity index (χ0n) is 16.7. The number of halogens is 1. The zero-order valence-corrected chi connectivity index (χ0v) is 18.3. The molecule has 1 fully saturated rings. The van der Waals surface area contributed by atoms with Gasteiger partial charge in [0.25, 0.3) is 5.91 Å². The number of aryl methyl sites for hydroxylation is 1. The van der Waals surface area contributed by atoms with Gasteiger partial charge >= 0.3 is 0 Å². The molecule has 2 aromatic rings. The van der Waals surface area contributed by atoms with Gasteiger partial charge in [-0.3, -0.25) is 9.59 Å². The van der Waals surface area contributed by atoms with Gasteiger partial charge in [0, 0.05) is 35.6 Å². The molecular formula is C23H27BrN2O3. The molecule has 2 aromatic carbocycles. The van der Waals surface area contributed by atoms with Gasteiger partial charge in [0.05, 0.1) is 6.61 Å². The van der Waals surface area contributed by atoms with E-state index in [1.807, 2.05) is 60.4 Å². The number of nitrogens with one attached hydrogen (secondary N) is 1. The molecule has 0 bridgehead atoms. The molecule has 1 aliphatic heterocycles. The molecular weight excluding hydrogens is 432 g/mol. The van der Waals surface area contributed by atoms with Gasteiger partial charge in [0.15, 0.2) is 0 Å². The van der Waals surface area contributed by atoms with E-state index >= 15 is 0 Å². The van der Waals surface area contributed by atoms with Crippen LogP contribution in [0.5, 0.6) is 5.75 Å². The second-order valence-electron chi connectivity index (χ2n) is 7.38. The Morgan fingerprint density at radius 3 is 2.55 bits per heavy atom. The van der Waals surface area contributed by atoms with Crippen LogP contribution in [0.2, 0.25) is 0 Å². The molecule has 1 saturated heterocycles. The highest BCUT2D eigenvalue weighted by Crippen LogP contribution is 2.20. The first-order valence-electron chi connectivity index (χ1n) is 10.0. The number of hydrogen-bond acceptors (Lipinski definition) is 3. The van der Waals surface area contributed by atoms with Crippen molar-refractivity contribution in [1.82, 2.24) is 10.2 Å². The number of carbonyl (C=O) groups is 2. The van der Waals surface area contributed by atoms with Crippen LogP contribution in [0.4, 0.5) is 0 Å². The fourth-order valence-electron chi connectivity index (χ4n) is 3.44. The molecule has 0 radical (unpaired) electrons. The van der Waals surface area contributed by atoms with E-state index in [9.17, 15) is 9.59 Å². The Balaban J connectivity index is 1.34. The number of likely N-dealkylation sites (tertiary alicyclic amines) is 1. The van der Waals surface area contributed by atoms with Crippen LogP contribution in [-0.4, -0.2) is 43.0 Å². The SMILES string of the molecule is Cc1cccc(OCCCNC(=O)C2CCN(C(=O)c3ccc(Br)cc3)CC2)c1. The zero-order chi connectivity index (χ0) is 20.6. The minimum Gasteiger partial charge on any atom is -0.494 e. The first kappa shape index (κ1) is 21.4. The summed E-state index contributed by atoms with van der Waals surface area (Å²) >= 11 is 3.38. The van der Waals surface area contributed by atoms with Crippen molar-refractivity contribution in [3.8, 4) is 5.75 Å². The molecule has 1 aliphatic rings. The third-order valence-corrected chi connectivity index (χ3v) is 5.65. The third-order valence-electron chi connectivity index (χ3n) is 5.12. The van der Waals surface area contributed by atoms with Gasteiger partial charge in [0.2, 0.25) is 5.91 Å². The molecule has 154 valence electrons. The van der Waals surface area contributed by atoms with Crippen molar-refractivity contribution < 1.29 is 14.3 Å². The average Bonchev–Trinajstić information content (AvgIpc) is 2.73. The van der Waals surface area contributed by atoms with Gasteiger partial charge in [-0.15, -0.1) is 0 Å². The Bertz CT molecular complexity index is 830. The molecule has 5 nitrogen and oxygen atoms in total. The molecule has 6 heteroatoms. The predicted molar refractivity (Wildman–Crippen MR) is 117 cm³/mol. The number of carbonyl (C=O) groups excluding carboxylic acids is 2. The third kappa shape index (κ3) is 6.32. The van der Waals surface area contributed by atoms with Crippen molar-refractivity contribution in [2.24, 2.45) is 5.92 Å². The molecule has 0 saturated carbocycles. The van der Waals surface area contributed by atoms with Crippen LogP contribution in [0.15, 0.2) is 53.0 Å². The maximum Gasteiger partial charge on any atom is 0.253 e. The fourth-order valence-corrected chi connectivity index (χ4v) is 3.71. The summed E-state index contributed by atoms with van der Waals surface area (Å²) < 4.78 is 6.66. The van der Waals surface area contributed by atoms with Gasteiger partial charge in [-0.05, 0) is 68.1 Å². The number of hydrogen-bond donors (Lipinski definition) is 1. The second-order valence-corrected chi connectivity index (χ2v) is 8.30. The second kappa shape index (κ2) is 10.4. The van der Waals surface area contributed by atoms with Crippen LogP contribution >= 0.6 is 15.9 Å². The Labute approximate surface area is 180 Å². The van der Waals surface area contributed by atoms with E-state index in [-0.39, 0.29) is 17.7 Å². The number of amides is 2. The molecule has 0 aromatic heterocycles. The fraction of sp³-hybridized carbons (Fsp3) is 0.391. The van der Waals surface area contributed by atoms with E-state index in [0.29, 0.717) is 44.6 Å². The average molecular weight is 459 g/mol. The van der Waals surface area contributed by atoms with Crippen LogP contribution in [-0.2, 0) is 4.79 Å². The first-order valence-corrected chi connectivity index (χ1v) is 10.8. The lowest BCUT2D eigenvalue weighted by Crippen LogP contribution is -2.43. The maximum absolute atomic E-state index is 12.6. The summed E-state index contributed by atoms with van der Waals surface area (Å²) in [6.07, 6.45) is 2.17. The highest BCUT2D eigenvalue weighted by atomic mass is 79.9. The normalized spacial score (nSPS) is 14.5. The highest BCUT2D eigenvalue weighted by Gasteiger charge is 2.27. The predicted octanol–water partition coefficient (Wildman–Crippen LogP) is 4.20. The quantitative estimate of drug-likeness (QED) is 0.632. The standard InChI is InChI=1S/C23H27BrN2O3/c1-17-4-2-5-21(16-17)29-15-3-12-25-22(27)18-10-13-26(14-11-18)23(28)19-6-8-20(24)9-7-19/h2,4-9,16,18H,3,10-15H2,1H3,(H,25,27). The summed E-state index contributed by atoms with van der Waals surface area (Å²) in [7, 11) is 0. The van der Waals surface area contributed by atoms with Crippen molar-refractivity contribution >= 4 is 27.7 Å². The molecule has 0 unspecified atom stereocenters. The molecule has 3 rings (SSSR count). The Morgan fingerprint density at radius 2 is 1.86 bits per heavy atom. The van der Waals surface area contributed by atoms with Crippen LogP contribution in [0.3, 0.4) is 0 Å². The van der Waals surface area contributed by atoms with E-state index in [2.05, 4.69) is 21.2 Å². The number of nitrogens with zero attached hydrogens (tertiary/aromatic N) is 1. The Hall–Kier alpha value is -2.34. The van der Waals surface area contributed by atoms with Crippen LogP contribution in [0, 0.1) is 12.8 Å². The van der Waals surface area contributed by atoms with E-state index in [0.717, 1.165) is 16.6 Å². The molecule has 0 spiro atoms. The molecule has 29 heavy (non-hydrogen) atoms. The smallest absolute Gasteiger partial charge is 0.253 e. The first-order chi connectivity index (χ1) is 14.0. The van der Waals surface area contributed by atoms with E-state index in [1.54, 1.807) is 0 Å². The van der Waals surface area contributed by atoms with Crippen molar-refractivity contribution in [2.75, 3.05) is 26.2 Å². The van der Waals surface area contributed by atoms with Crippen molar-refractivity contribution in [3.05, 3.63) is 64.1 Å². The maximum atomic E-state index is 12.6. The summed E-state index contributed by atoms with van der Waals surface area (Å²) in [5, 5.41) is 3.00. The minimum absolute atomic E-state index is 0.0262. The van der Waals surface area contributed by atoms with Gasteiger partial charge in [0.1, 0.15) is 5.75 Å². The highest BCUT2D eigenvalue weighted by molar-refractivity contribution is 9.10. The lowest BCUT2D eigenvalue weighted by molar-refractivity contribution is -0.126. The summed E-state index contributed by atoms with van der Waals surface area (Å²) in [5.74, 6) is 0.946. The monoisotopic (exact) mass is 458 g/mol. The van der Waals surface area contributed by atoms with Gasteiger partial charge in [-0.25, -0.2) is 0 Å². The van der Waals surface area contributed by atoms with Crippen molar-refractivity contribution in [1.29, 1.82) is 0 Å². The summed E-state index contributed by atoms with van der Waals surface area (Å²) in [4.78, 5) is 26.8. The van der Waals surface area contributed by atoms with Gasteiger partial charge in [-0.1, -0.05) is 28.1 Å². The summed E-state index contributed by atoms with van der Waals surface area (Å²) in [6, 6.07) is 15.3. The molecule has 1 N–H and O–H groups in total. The van der Waals surface area contributed by atoms with Gasteiger partial charge < -0.3 is 15.0 Å². The summed E-state index contributed by atoms with van der Waals surface area (Å²) in [6.45, 7) is 4.43.